The smallest absolute Gasteiger partial charge is 0.270 e. The lowest BCUT2D eigenvalue weighted by atomic mass is 10.1. The van der Waals surface area contributed by atoms with E-state index in [1.54, 1.807) is 6.07 Å². The second-order valence-electron chi connectivity index (χ2n) is 4.09. The summed E-state index contributed by atoms with van der Waals surface area (Å²) in [4.78, 5) is 33.2. The van der Waals surface area contributed by atoms with Crippen LogP contribution in [0.15, 0.2) is 42.6 Å². The first-order valence-electron chi connectivity index (χ1n) is 6.07. The number of nitro benzene ring substituents is 1. The van der Waals surface area contributed by atoms with Crippen LogP contribution in [-0.2, 0) is 9.59 Å². The third kappa shape index (κ3) is 5.27. The molecule has 0 bridgehead atoms. The number of hydrogen-bond donors (Lipinski definition) is 2. The number of carbonyl (C=O) groups excluding carboxylic acids is 2. The van der Waals surface area contributed by atoms with Gasteiger partial charge in [0.2, 0.25) is 5.91 Å². The zero-order valence-corrected chi connectivity index (χ0v) is 11.5. The van der Waals surface area contributed by atoms with Crippen LogP contribution in [0.3, 0.4) is 0 Å². The van der Waals surface area contributed by atoms with Gasteiger partial charge in [0.1, 0.15) is 5.70 Å². The van der Waals surface area contributed by atoms with Crippen LogP contribution in [0.5, 0.6) is 0 Å². The van der Waals surface area contributed by atoms with Gasteiger partial charge in [-0.1, -0.05) is 18.2 Å². The Labute approximate surface area is 121 Å². The lowest BCUT2D eigenvalue weighted by molar-refractivity contribution is -0.384. The topological polar surface area (TPSA) is 101 Å². The van der Waals surface area contributed by atoms with E-state index in [2.05, 4.69) is 17.2 Å². The van der Waals surface area contributed by atoms with Crippen LogP contribution in [0.1, 0.15) is 12.5 Å². The van der Waals surface area contributed by atoms with Gasteiger partial charge < -0.3 is 10.6 Å². The fourth-order valence-electron chi connectivity index (χ4n) is 1.50. The lowest BCUT2D eigenvalue weighted by Crippen LogP contribution is -2.33. The summed E-state index contributed by atoms with van der Waals surface area (Å²) < 4.78 is 0. The number of rotatable bonds is 6. The largest absolute Gasteiger partial charge is 0.347 e. The molecule has 0 unspecified atom stereocenters. The second kappa shape index (κ2) is 7.59. The Balaban J connectivity index is 3.09. The molecular weight excluding hydrogens is 274 g/mol. The van der Waals surface area contributed by atoms with Crippen LogP contribution in [0.4, 0.5) is 5.69 Å². The van der Waals surface area contributed by atoms with E-state index in [0.29, 0.717) is 5.56 Å². The molecule has 0 atom stereocenters. The highest BCUT2D eigenvalue weighted by Crippen LogP contribution is 2.15. The Hall–Kier alpha value is -2.96. The second-order valence-corrected chi connectivity index (χ2v) is 4.09. The molecule has 21 heavy (non-hydrogen) atoms. The Kier molecular flexibility index (Phi) is 5.81. The molecule has 1 aromatic rings. The predicted octanol–water partition coefficient (Wildman–Crippen LogP) is 1.37. The quantitative estimate of drug-likeness (QED) is 0.357. The summed E-state index contributed by atoms with van der Waals surface area (Å²) in [5, 5.41) is 15.6. The average Bonchev–Trinajstić information content (AvgIpc) is 2.43. The van der Waals surface area contributed by atoms with Gasteiger partial charge in [-0.15, -0.1) is 6.58 Å². The van der Waals surface area contributed by atoms with Crippen molar-refractivity contribution in [3.8, 4) is 0 Å². The first-order chi connectivity index (χ1) is 9.93. The van der Waals surface area contributed by atoms with Crippen molar-refractivity contribution in [1.82, 2.24) is 10.6 Å². The van der Waals surface area contributed by atoms with E-state index in [-0.39, 0.29) is 17.9 Å². The number of carbonyl (C=O) groups is 2. The van der Waals surface area contributed by atoms with E-state index in [0.717, 1.165) is 0 Å². The van der Waals surface area contributed by atoms with Gasteiger partial charge in [0.05, 0.1) is 4.92 Å². The van der Waals surface area contributed by atoms with Crippen LogP contribution in [0.2, 0.25) is 0 Å². The standard InChI is InChI=1S/C14H15N3O4/c1-3-7-15-14(19)13(16-10(2)18)9-11-5-4-6-12(8-11)17(20)21/h3-6,8-9H,1,7H2,2H3,(H,15,19)(H,16,18). The fraction of sp³-hybridized carbons (Fsp3) is 0.143. The number of amides is 2. The Morgan fingerprint density at radius 3 is 2.71 bits per heavy atom. The van der Waals surface area contributed by atoms with Crippen LogP contribution >= 0.6 is 0 Å². The van der Waals surface area contributed by atoms with E-state index in [9.17, 15) is 19.7 Å². The Morgan fingerprint density at radius 1 is 1.43 bits per heavy atom. The van der Waals surface area contributed by atoms with Gasteiger partial charge >= 0.3 is 0 Å². The maximum absolute atomic E-state index is 11.9. The van der Waals surface area contributed by atoms with Crippen LogP contribution in [0, 0.1) is 10.1 Å². The summed E-state index contributed by atoms with van der Waals surface area (Å²) in [7, 11) is 0. The normalized spacial score (nSPS) is 10.6. The van der Waals surface area contributed by atoms with E-state index in [1.165, 1.54) is 37.3 Å². The SMILES string of the molecule is C=CCNC(=O)C(=Cc1cccc([N+](=O)[O-])c1)NC(C)=O. The Bertz CT molecular complexity index is 608. The molecule has 0 aliphatic heterocycles. The molecule has 0 aromatic heterocycles. The molecule has 0 aliphatic carbocycles. The van der Waals surface area contributed by atoms with Crippen molar-refractivity contribution in [3.05, 3.63) is 58.3 Å². The maximum atomic E-state index is 11.9. The number of nitrogens with one attached hydrogen (secondary N) is 2. The van der Waals surface area contributed by atoms with E-state index in [4.69, 9.17) is 0 Å². The molecule has 2 amide bonds. The predicted molar refractivity (Wildman–Crippen MR) is 78.1 cm³/mol. The third-order valence-electron chi connectivity index (χ3n) is 2.35. The van der Waals surface area contributed by atoms with Gasteiger partial charge in [-0.3, -0.25) is 19.7 Å². The zero-order chi connectivity index (χ0) is 15.8. The molecular formula is C14H15N3O4. The summed E-state index contributed by atoms with van der Waals surface area (Å²) in [5.41, 5.74) is 0.337. The zero-order valence-electron chi connectivity index (χ0n) is 11.5. The van der Waals surface area contributed by atoms with E-state index < -0.39 is 16.7 Å². The van der Waals surface area contributed by atoms with Crippen LogP contribution in [-0.4, -0.2) is 23.3 Å². The molecule has 1 aromatic carbocycles. The first kappa shape index (κ1) is 16.1. The number of hydrogen-bond acceptors (Lipinski definition) is 4. The minimum absolute atomic E-state index is 0.00449. The van der Waals surface area contributed by atoms with Crippen molar-refractivity contribution in [2.45, 2.75) is 6.92 Å². The minimum Gasteiger partial charge on any atom is -0.347 e. The lowest BCUT2D eigenvalue weighted by Gasteiger charge is -2.08. The summed E-state index contributed by atoms with van der Waals surface area (Å²) in [6.07, 6.45) is 2.86. The van der Waals surface area contributed by atoms with Gasteiger partial charge in [-0.05, 0) is 11.6 Å². The van der Waals surface area contributed by atoms with Crippen molar-refractivity contribution in [2.75, 3.05) is 6.54 Å². The first-order valence-corrected chi connectivity index (χ1v) is 6.07. The number of nitro groups is 1. The molecule has 0 spiro atoms. The van der Waals surface area contributed by atoms with E-state index >= 15 is 0 Å². The summed E-state index contributed by atoms with van der Waals surface area (Å²) >= 11 is 0. The maximum Gasteiger partial charge on any atom is 0.270 e. The molecule has 0 fully saturated rings. The molecule has 0 aliphatic rings. The number of benzene rings is 1. The van der Waals surface area contributed by atoms with Gasteiger partial charge in [0.25, 0.3) is 11.6 Å². The number of non-ortho nitro benzene ring substituents is 1. The molecule has 7 heteroatoms. The molecule has 1 rings (SSSR count). The number of nitrogens with zero attached hydrogens (tertiary/aromatic N) is 1. The molecule has 0 saturated heterocycles. The molecule has 0 radical (unpaired) electrons. The van der Waals surface area contributed by atoms with Crippen molar-refractivity contribution >= 4 is 23.6 Å². The molecule has 2 N–H and O–H groups in total. The van der Waals surface area contributed by atoms with Crippen LogP contribution < -0.4 is 10.6 Å². The Morgan fingerprint density at radius 2 is 2.14 bits per heavy atom. The summed E-state index contributed by atoms with van der Waals surface area (Å²) in [5.74, 6) is -0.919. The molecule has 0 heterocycles. The molecule has 0 saturated carbocycles. The van der Waals surface area contributed by atoms with Crippen molar-refractivity contribution in [3.63, 3.8) is 0 Å². The molecule has 110 valence electrons. The summed E-state index contributed by atoms with van der Waals surface area (Å²) in [6, 6.07) is 5.74. The highest BCUT2D eigenvalue weighted by Gasteiger charge is 2.11. The van der Waals surface area contributed by atoms with Crippen molar-refractivity contribution in [1.29, 1.82) is 0 Å². The van der Waals surface area contributed by atoms with Gasteiger partial charge in [0, 0.05) is 25.6 Å². The van der Waals surface area contributed by atoms with Gasteiger partial charge in [-0.25, -0.2) is 0 Å². The fourth-order valence-corrected chi connectivity index (χ4v) is 1.50. The minimum atomic E-state index is -0.535. The molecule has 7 nitrogen and oxygen atoms in total. The van der Waals surface area contributed by atoms with Gasteiger partial charge in [0.15, 0.2) is 0 Å². The summed E-state index contributed by atoms with van der Waals surface area (Å²) in [6.45, 7) is 4.98. The monoisotopic (exact) mass is 289 g/mol. The highest BCUT2D eigenvalue weighted by atomic mass is 16.6. The van der Waals surface area contributed by atoms with E-state index in [1.807, 2.05) is 0 Å². The highest BCUT2D eigenvalue weighted by molar-refractivity contribution is 6.01. The van der Waals surface area contributed by atoms with Crippen molar-refractivity contribution < 1.29 is 14.5 Å². The van der Waals surface area contributed by atoms with Crippen molar-refractivity contribution in [2.24, 2.45) is 0 Å². The average molecular weight is 289 g/mol. The third-order valence-corrected chi connectivity index (χ3v) is 2.35. The van der Waals surface area contributed by atoms with Gasteiger partial charge in [-0.2, -0.15) is 0 Å². The van der Waals surface area contributed by atoms with Crippen LogP contribution in [0.25, 0.3) is 6.08 Å².